The van der Waals surface area contributed by atoms with Crippen LogP contribution in [0.4, 0.5) is 5.69 Å². The zero-order chi connectivity index (χ0) is 20.1. The van der Waals surface area contributed by atoms with Crippen LogP contribution in [0.1, 0.15) is 24.0 Å². The molecule has 4 rings (SSSR count). The fourth-order valence-electron chi connectivity index (χ4n) is 3.65. The fourth-order valence-corrected chi connectivity index (χ4v) is 3.65. The average Bonchev–Trinajstić information content (AvgIpc) is 3.20. The Morgan fingerprint density at radius 2 is 1.97 bits per heavy atom. The molecule has 1 amide bonds. The predicted octanol–water partition coefficient (Wildman–Crippen LogP) is 4.79. The lowest BCUT2D eigenvalue weighted by Crippen LogP contribution is -2.39. The summed E-state index contributed by atoms with van der Waals surface area (Å²) in [6, 6.07) is 19.5. The van der Waals surface area contributed by atoms with E-state index in [0.29, 0.717) is 17.2 Å². The summed E-state index contributed by atoms with van der Waals surface area (Å²) < 4.78 is 5.92. The SMILES string of the molecule is Cc1ccc(CN2CCCC2C(=O)Nc2ccccc2Oc2cccnc2)cc1. The van der Waals surface area contributed by atoms with Gasteiger partial charge in [0.05, 0.1) is 17.9 Å². The zero-order valence-corrected chi connectivity index (χ0v) is 16.5. The number of hydrogen-bond donors (Lipinski definition) is 1. The molecule has 1 fully saturated rings. The molecule has 0 aliphatic carbocycles. The molecule has 2 aromatic carbocycles. The zero-order valence-electron chi connectivity index (χ0n) is 16.5. The van der Waals surface area contributed by atoms with E-state index >= 15 is 0 Å². The van der Waals surface area contributed by atoms with Crippen LogP contribution in [0.5, 0.6) is 11.5 Å². The first-order valence-corrected chi connectivity index (χ1v) is 9.96. The molecule has 1 aromatic heterocycles. The molecule has 5 nitrogen and oxygen atoms in total. The summed E-state index contributed by atoms with van der Waals surface area (Å²) in [5, 5.41) is 3.07. The monoisotopic (exact) mass is 387 g/mol. The van der Waals surface area contributed by atoms with Crippen molar-refractivity contribution in [3.05, 3.63) is 84.2 Å². The number of pyridine rings is 1. The first kappa shape index (κ1) is 19.2. The summed E-state index contributed by atoms with van der Waals surface area (Å²) in [6.45, 7) is 3.80. The molecule has 0 spiro atoms. The van der Waals surface area contributed by atoms with Gasteiger partial charge < -0.3 is 10.1 Å². The van der Waals surface area contributed by atoms with Crippen molar-refractivity contribution in [1.29, 1.82) is 0 Å². The van der Waals surface area contributed by atoms with Crippen LogP contribution < -0.4 is 10.1 Å². The summed E-state index contributed by atoms with van der Waals surface area (Å²) in [5.41, 5.74) is 3.15. The van der Waals surface area contributed by atoms with E-state index in [4.69, 9.17) is 4.74 Å². The molecule has 148 valence electrons. The molecule has 1 N–H and O–H groups in total. The molecule has 1 saturated heterocycles. The number of ether oxygens (including phenoxy) is 1. The first-order chi connectivity index (χ1) is 14.2. The van der Waals surface area contributed by atoms with Gasteiger partial charge in [0, 0.05) is 12.7 Å². The van der Waals surface area contributed by atoms with Crippen LogP contribution in [-0.2, 0) is 11.3 Å². The number of rotatable bonds is 6. The van der Waals surface area contributed by atoms with Crippen LogP contribution in [-0.4, -0.2) is 28.4 Å². The molecular formula is C24H25N3O2. The molecule has 29 heavy (non-hydrogen) atoms. The molecule has 5 heteroatoms. The molecule has 1 atom stereocenters. The van der Waals surface area contributed by atoms with Crippen molar-refractivity contribution in [3.8, 4) is 11.5 Å². The second kappa shape index (κ2) is 8.88. The Hall–Kier alpha value is -3.18. The van der Waals surface area contributed by atoms with E-state index < -0.39 is 0 Å². The lowest BCUT2D eigenvalue weighted by molar-refractivity contribution is -0.120. The van der Waals surface area contributed by atoms with Crippen molar-refractivity contribution in [1.82, 2.24) is 9.88 Å². The number of carbonyl (C=O) groups is 1. The van der Waals surface area contributed by atoms with Gasteiger partial charge in [-0.05, 0) is 56.1 Å². The number of nitrogens with zero attached hydrogens (tertiary/aromatic N) is 2. The third-order valence-corrected chi connectivity index (χ3v) is 5.18. The van der Waals surface area contributed by atoms with Crippen molar-refractivity contribution in [3.63, 3.8) is 0 Å². The maximum atomic E-state index is 13.1. The lowest BCUT2D eigenvalue weighted by Gasteiger charge is -2.24. The smallest absolute Gasteiger partial charge is 0.241 e. The van der Waals surface area contributed by atoms with Crippen LogP contribution in [0, 0.1) is 6.92 Å². The molecule has 3 aromatic rings. The highest BCUT2D eigenvalue weighted by Crippen LogP contribution is 2.30. The molecule has 0 radical (unpaired) electrons. The maximum Gasteiger partial charge on any atom is 0.241 e. The second-order valence-corrected chi connectivity index (χ2v) is 7.39. The van der Waals surface area contributed by atoms with Crippen LogP contribution in [0.2, 0.25) is 0 Å². The predicted molar refractivity (Wildman–Crippen MR) is 114 cm³/mol. The molecule has 0 bridgehead atoms. The third kappa shape index (κ3) is 4.81. The van der Waals surface area contributed by atoms with E-state index in [9.17, 15) is 4.79 Å². The maximum absolute atomic E-state index is 13.1. The summed E-state index contributed by atoms with van der Waals surface area (Å²) in [7, 11) is 0. The van der Waals surface area contributed by atoms with E-state index in [-0.39, 0.29) is 11.9 Å². The van der Waals surface area contributed by atoms with Crippen molar-refractivity contribution < 1.29 is 9.53 Å². The summed E-state index contributed by atoms with van der Waals surface area (Å²) in [4.78, 5) is 19.4. The minimum atomic E-state index is -0.136. The minimum absolute atomic E-state index is 0.0110. The number of benzene rings is 2. The van der Waals surface area contributed by atoms with Gasteiger partial charge in [-0.1, -0.05) is 42.0 Å². The summed E-state index contributed by atoms with van der Waals surface area (Å²) in [5.74, 6) is 1.25. The summed E-state index contributed by atoms with van der Waals surface area (Å²) in [6.07, 6.45) is 5.24. The first-order valence-electron chi connectivity index (χ1n) is 9.96. The van der Waals surface area contributed by atoms with Crippen molar-refractivity contribution in [2.24, 2.45) is 0 Å². The number of anilines is 1. The Morgan fingerprint density at radius 1 is 1.14 bits per heavy atom. The van der Waals surface area contributed by atoms with Gasteiger partial charge in [-0.3, -0.25) is 14.7 Å². The molecular weight excluding hydrogens is 362 g/mol. The second-order valence-electron chi connectivity index (χ2n) is 7.39. The number of amides is 1. The number of aryl methyl sites for hydroxylation is 1. The van der Waals surface area contributed by atoms with E-state index in [1.165, 1.54) is 11.1 Å². The molecule has 2 heterocycles. The van der Waals surface area contributed by atoms with Gasteiger partial charge in [0.15, 0.2) is 5.75 Å². The summed E-state index contributed by atoms with van der Waals surface area (Å²) >= 11 is 0. The quantitative estimate of drug-likeness (QED) is 0.661. The Kier molecular flexibility index (Phi) is 5.86. The Morgan fingerprint density at radius 3 is 2.76 bits per heavy atom. The Balaban J connectivity index is 1.45. The number of nitrogens with one attached hydrogen (secondary N) is 1. The highest BCUT2D eigenvalue weighted by Gasteiger charge is 2.31. The highest BCUT2D eigenvalue weighted by atomic mass is 16.5. The van der Waals surface area contributed by atoms with Gasteiger partial charge in [0.1, 0.15) is 5.75 Å². The number of aromatic nitrogens is 1. The van der Waals surface area contributed by atoms with Crippen molar-refractivity contribution in [2.45, 2.75) is 32.4 Å². The van der Waals surface area contributed by atoms with Crippen LogP contribution in [0.15, 0.2) is 73.1 Å². The van der Waals surface area contributed by atoms with E-state index in [0.717, 1.165) is 25.9 Å². The van der Waals surface area contributed by atoms with Gasteiger partial charge in [0.25, 0.3) is 0 Å². The fraction of sp³-hybridized carbons (Fsp3) is 0.250. The third-order valence-electron chi connectivity index (χ3n) is 5.18. The van der Waals surface area contributed by atoms with Gasteiger partial charge in [-0.2, -0.15) is 0 Å². The highest BCUT2D eigenvalue weighted by molar-refractivity contribution is 5.96. The average molecular weight is 387 g/mol. The van der Waals surface area contributed by atoms with Gasteiger partial charge in [-0.15, -0.1) is 0 Å². The normalized spacial score (nSPS) is 16.5. The van der Waals surface area contributed by atoms with E-state index in [1.54, 1.807) is 12.4 Å². The Bertz CT molecular complexity index is 957. The number of hydrogen-bond acceptors (Lipinski definition) is 4. The number of carbonyl (C=O) groups excluding carboxylic acids is 1. The largest absolute Gasteiger partial charge is 0.454 e. The standard InChI is InChI=1S/C24H25N3O2/c1-18-10-12-19(13-11-18)17-27-15-5-8-22(27)24(28)26-21-7-2-3-9-23(21)29-20-6-4-14-25-16-20/h2-4,6-7,9-14,16,22H,5,8,15,17H2,1H3,(H,26,28). The van der Waals surface area contributed by atoms with Crippen LogP contribution >= 0.6 is 0 Å². The number of para-hydroxylation sites is 2. The van der Waals surface area contributed by atoms with E-state index in [1.807, 2.05) is 36.4 Å². The van der Waals surface area contributed by atoms with Crippen LogP contribution in [0.3, 0.4) is 0 Å². The van der Waals surface area contributed by atoms with Crippen molar-refractivity contribution in [2.75, 3.05) is 11.9 Å². The molecule has 0 saturated carbocycles. The van der Waals surface area contributed by atoms with Crippen molar-refractivity contribution >= 4 is 11.6 Å². The molecule has 1 unspecified atom stereocenters. The van der Waals surface area contributed by atoms with Gasteiger partial charge >= 0.3 is 0 Å². The van der Waals surface area contributed by atoms with Gasteiger partial charge in [-0.25, -0.2) is 0 Å². The van der Waals surface area contributed by atoms with E-state index in [2.05, 4.69) is 46.4 Å². The Labute approximate surface area is 171 Å². The topological polar surface area (TPSA) is 54.5 Å². The molecule has 1 aliphatic rings. The minimum Gasteiger partial charge on any atom is -0.454 e. The van der Waals surface area contributed by atoms with Crippen LogP contribution in [0.25, 0.3) is 0 Å². The lowest BCUT2D eigenvalue weighted by atomic mass is 10.1. The number of likely N-dealkylation sites (tertiary alicyclic amines) is 1. The van der Waals surface area contributed by atoms with Gasteiger partial charge in [0.2, 0.25) is 5.91 Å². The molecule has 1 aliphatic heterocycles.